The van der Waals surface area contributed by atoms with Gasteiger partial charge in [0.05, 0.1) is 0 Å². The van der Waals surface area contributed by atoms with Crippen LogP contribution < -0.4 is 10.6 Å². The molecule has 2 unspecified atom stereocenters. The molecule has 1 aliphatic heterocycles. The fourth-order valence-corrected chi connectivity index (χ4v) is 3.32. The van der Waals surface area contributed by atoms with Crippen LogP contribution in [0.3, 0.4) is 0 Å². The summed E-state index contributed by atoms with van der Waals surface area (Å²) < 4.78 is 1.37. The van der Waals surface area contributed by atoms with Crippen LogP contribution in [0.15, 0.2) is 29.6 Å². The third kappa shape index (κ3) is 2.05. The standard InChI is InChI=1S/C14H18N2S/c1-10-9-16(6-4-13(10)15)12-2-3-14-11(8-12)5-7-17-14/h2-3,5,7-8,10,13H,4,6,9,15H2,1H3. The highest BCUT2D eigenvalue weighted by Crippen LogP contribution is 2.28. The molecule has 0 spiro atoms. The molecule has 0 amide bonds. The smallest absolute Gasteiger partial charge is 0.0373 e. The number of piperidine rings is 1. The van der Waals surface area contributed by atoms with Gasteiger partial charge in [0.15, 0.2) is 0 Å². The van der Waals surface area contributed by atoms with Gasteiger partial charge in [0, 0.05) is 29.5 Å². The zero-order valence-corrected chi connectivity index (χ0v) is 10.9. The average molecular weight is 246 g/mol. The lowest BCUT2D eigenvalue weighted by molar-refractivity contribution is 0.383. The van der Waals surface area contributed by atoms with Gasteiger partial charge in [-0.2, -0.15) is 0 Å². The zero-order chi connectivity index (χ0) is 11.8. The maximum absolute atomic E-state index is 6.07. The molecule has 3 heteroatoms. The molecule has 2 N–H and O–H groups in total. The van der Waals surface area contributed by atoms with E-state index in [0.29, 0.717) is 12.0 Å². The average Bonchev–Trinajstić information content (AvgIpc) is 2.79. The summed E-state index contributed by atoms with van der Waals surface area (Å²) in [6.45, 7) is 4.41. The topological polar surface area (TPSA) is 29.3 Å². The van der Waals surface area contributed by atoms with E-state index in [1.807, 2.05) is 0 Å². The van der Waals surface area contributed by atoms with E-state index in [-0.39, 0.29) is 0 Å². The lowest BCUT2D eigenvalue weighted by Crippen LogP contribution is -2.45. The molecule has 0 radical (unpaired) electrons. The summed E-state index contributed by atoms with van der Waals surface area (Å²) in [5, 5.41) is 3.51. The van der Waals surface area contributed by atoms with Gasteiger partial charge >= 0.3 is 0 Å². The Balaban J connectivity index is 1.88. The fourth-order valence-electron chi connectivity index (χ4n) is 2.55. The number of nitrogens with two attached hydrogens (primary N) is 1. The molecule has 90 valence electrons. The van der Waals surface area contributed by atoms with Gasteiger partial charge in [0.25, 0.3) is 0 Å². The molecule has 1 aromatic heterocycles. The van der Waals surface area contributed by atoms with E-state index in [1.54, 1.807) is 11.3 Å². The van der Waals surface area contributed by atoms with Gasteiger partial charge in [0.2, 0.25) is 0 Å². The van der Waals surface area contributed by atoms with E-state index in [0.717, 1.165) is 19.5 Å². The minimum atomic E-state index is 0.371. The summed E-state index contributed by atoms with van der Waals surface area (Å²) in [6.07, 6.45) is 1.10. The van der Waals surface area contributed by atoms with Gasteiger partial charge in [-0.1, -0.05) is 6.92 Å². The van der Waals surface area contributed by atoms with Crippen LogP contribution in [0.5, 0.6) is 0 Å². The highest BCUT2D eigenvalue weighted by molar-refractivity contribution is 7.17. The monoisotopic (exact) mass is 246 g/mol. The predicted molar refractivity (Wildman–Crippen MR) is 75.8 cm³/mol. The van der Waals surface area contributed by atoms with E-state index in [1.165, 1.54) is 15.8 Å². The minimum absolute atomic E-state index is 0.371. The molecule has 1 fully saturated rings. The highest BCUT2D eigenvalue weighted by atomic mass is 32.1. The molecule has 2 heterocycles. The maximum atomic E-state index is 6.07. The summed E-state index contributed by atoms with van der Waals surface area (Å²) in [4.78, 5) is 2.46. The largest absolute Gasteiger partial charge is 0.371 e. The van der Waals surface area contributed by atoms with Crippen LogP contribution in [0.25, 0.3) is 10.1 Å². The summed E-state index contributed by atoms with van der Waals surface area (Å²) in [5.74, 6) is 0.585. The first-order chi connectivity index (χ1) is 8.24. The van der Waals surface area contributed by atoms with E-state index < -0.39 is 0 Å². The highest BCUT2D eigenvalue weighted by Gasteiger charge is 2.23. The SMILES string of the molecule is CC1CN(c2ccc3sccc3c2)CCC1N. The van der Waals surface area contributed by atoms with Crippen molar-refractivity contribution in [1.29, 1.82) is 0 Å². The van der Waals surface area contributed by atoms with Crippen molar-refractivity contribution in [3.63, 3.8) is 0 Å². The normalized spacial score (nSPS) is 25.4. The van der Waals surface area contributed by atoms with Gasteiger partial charge in [0.1, 0.15) is 0 Å². The lowest BCUT2D eigenvalue weighted by Gasteiger charge is -2.36. The Bertz CT molecular complexity index is 520. The lowest BCUT2D eigenvalue weighted by atomic mass is 9.94. The molecular weight excluding hydrogens is 228 g/mol. The van der Waals surface area contributed by atoms with Crippen molar-refractivity contribution in [2.75, 3.05) is 18.0 Å². The minimum Gasteiger partial charge on any atom is -0.371 e. The second-order valence-electron chi connectivity index (χ2n) is 5.02. The first-order valence-corrected chi connectivity index (χ1v) is 7.10. The molecule has 2 nitrogen and oxygen atoms in total. The van der Waals surface area contributed by atoms with Crippen LogP contribution in [0, 0.1) is 5.92 Å². The number of hydrogen-bond acceptors (Lipinski definition) is 3. The van der Waals surface area contributed by atoms with Gasteiger partial charge < -0.3 is 10.6 Å². The van der Waals surface area contributed by atoms with Crippen molar-refractivity contribution in [3.8, 4) is 0 Å². The van der Waals surface area contributed by atoms with Crippen LogP contribution in [0.1, 0.15) is 13.3 Å². The van der Waals surface area contributed by atoms with E-state index in [2.05, 4.69) is 41.5 Å². The summed E-state index contributed by atoms with van der Waals surface area (Å²) in [5.41, 5.74) is 7.41. The summed E-state index contributed by atoms with van der Waals surface area (Å²) >= 11 is 1.81. The number of hydrogen-bond donors (Lipinski definition) is 1. The second kappa shape index (κ2) is 4.31. The van der Waals surface area contributed by atoms with Crippen LogP contribution >= 0.6 is 11.3 Å². The third-order valence-electron chi connectivity index (χ3n) is 3.77. The first-order valence-electron chi connectivity index (χ1n) is 6.22. The zero-order valence-electron chi connectivity index (χ0n) is 10.1. The van der Waals surface area contributed by atoms with E-state index in [4.69, 9.17) is 5.73 Å². The Morgan fingerprint density at radius 3 is 3.06 bits per heavy atom. The number of nitrogens with zero attached hydrogens (tertiary/aromatic N) is 1. The quantitative estimate of drug-likeness (QED) is 0.838. The van der Waals surface area contributed by atoms with Crippen LogP contribution in [-0.4, -0.2) is 19.1 Å². The summed E-state index contributed by atoms with van der Waals surface area (Å²) in [6, 6.07) is 9.34. The van der Waals surface area contributed by atoms with Gasteiger partial charge in [-0.05, 0) is 47.4 Å². The Hall–Kier alpha value is -1.06. The molecule has 2 aromatic rings. The van der Waals surface area contributed by atoms with Crippen molar-refractivity contribution in [1.82, 2.24) is 0 Å². The molecule has 0 bridgehead atoms. The second-order valence-corrected chi connectivity index (χ2v) is 5.97. The molecule has 3 rings (SSSR count). The van der Waals surface area contributed by atoms with Crippen LogP contribution in [0.4, 0.5) is 5.69 Å². The third-order valence-corrected chi connectivity index (χ3v) is 4.67. The van der Waals surface area contributed by atoms with Crippen LogP contribution in [-0.2, 0) is 0 Å². The van der Waals surface area contributed by atoms with E-state index >= 15 is 0 Å². The van der Waals surface area contributed by atoms with Crippen LogP contribution in [0.2, 0.25) is 0 Å². The number of benzene rings is 1. The molecule has 1 saturated heterocycles. The van der Waals surface area contributed by atoms with Crippen molar-refractivity contribution >= 4 is 27.1 Å². The Morgan fingerprint density at radius 1 is 1.35 bits per heavy atom. The Morgan fingerprint density at radius 2 is 2.24 bits per heavy atom. The molecule has 0 aliphatic carbocycles. The molecule has 2 atom stereocenters. The van der Waals surface area contributed by atoms with Crippen molar-refractivity contribution in [3.05, 3.63) is 29.6 Å². The van der Waals surface area contributed by atoms with Gasteiger partial charge in [-0.15, -0.1) is 11.3 Å². The van der Waals surface area contributed by atoms with Crippen molar-refractivity contribution in [2.45, 2.75) is 19.4 Å². The van der Waals surface area contributed by atoms with E-state index in [9.17, 15) is 0 Å². The Kier molecular flexibility index (Phi) is 2.81. The Labute approximate surface area is 106 Å². The maximum Gasteiger partial charge on any atom is 0.0373 e. The van der Waals surface area contributed by atoms with Crippen molar-refractivity contribution in [2.24, 2.45) is 11.7 Å². The van der Waals surface area contributed by atoms with Gasteiger partial charge in [-0.3, -0.25) is 0 Å². The molecule has 17 heavy (non-hydrogen) atoms. The fraction of sp³-hybridized carbons (Fsp3) is 0.429. The predicted octanol–water partition coefficient (Wildman–Crippen LogP) is 3.07. The number of thiophene rings is 1. The molecule has 1 aliphatic rings. The van der Waals surface area contributed by atoms with Gasteiger partial charge in [-0.25, -0.2) is 0 Å². The molecule has 0 saturated carbocycles. The molecular formula is C14H18N2S. The number of anilines is 1. The first kappa shape index (κ1) is 11.1. The number of fused-ring (bicyclic) bond motifs is 1. The summed E-state index contributed by atoms with van der Waals surface area (Å²) in [7, 11) is 0. The number of rotatable bonds is 1. The molecule has 1 aromatic carbocycles. The van der Waals surface area contributed by atoms with Crippen molar-refractivity contribution < 1.29 is 0 Å².